The maximum Gasteiger partial charge on any atom is 0.135 e. The van der Waals surface area contributed by atoms with E-state index in [1.54, 1.807) is 0 Å². The fourth-order valence-electron chi connectivity index (χ4n) is 3.31. The van der Waals surface area contributed by atoms with E-state index in [0.717, 1.165) is 44.0 Å². The van der Waals surface area contributed by atoms with Crippen molar-refractivity contribution in [1.29, 1.82) is 0 Å². The van der Waals surface area contributed by atoms with Gasteiger partial charge in [0.2, 0.25) is 0 Å². The monoisotopic (exact) mass is 319 g/mol. The standard InChI is InChI=1S/C19H21N5/c1-2-4-16(5-3-1)14-18-21-9-6-19(22-18)23-11-7-17(8-12-23)24-13-10-20-15-24/h1-6,9-10,13,15,17H,7-8,11-12,14H2. The zero-order valence-electron chi connectivity index (χ0n) is 13.6. The number of imidazole rings is 1. The molecule has 0 N–H and O–H groups in total. The van der Waals surface area contributed by atoms with Crippen LogP contribution in [0.25, 0.3) is 0 Å². The number of aromatic nitrogens is 4. The molecular formula is C19H21N5. The van der Waals surface area contributed by atoms with Crippen LogP contribution in [0.5, 0.6) is 0 Å². The van der Waals surface area contributed by atoms with Crippen LogP contribution in [0.1, 0.15) is 30.3 Å². The summed E-state index contributed by atoms with van der Waals surface area (Å²) in [5.74, 6) is 1.93. The van der Waals surface area contributed by atoms with Gasteiger partial charge < -0.3 is 9.47 Å². The number of anilines is 1. The number of nitrogens with zero attached hydrogens (tertiary/aromatic N) is 5. The Balaban J connectivity index is 1.43. The van der Waals surface area contributed by atoms with Crippen LogP contribution in [0.4, 0.5) is 5.82 Å². The maximum absolute atomic E-state index is 4.78. The van der Waals surface area contributed by atoms with Crippen molar-refractivity contribution in [3.63, 3.8) is 0 Å². The first-order chi connectivity index (χ1) is 11.9. The fourth-order valence-corrected chi connectivity index (χ4v) is 3.31. The summed E-state index contributed by atoms with van der Waals surface area (Å²) >= 11 is 0. The van der Waals surface area contributed by atoms with Crippen molar-refractivity contribution in [2.45, 2.75) is 25.3 Å². The van der Waals surface area contributed by atoms with E-state index in [9.17, 15) is 0 Å². The second-order valence-corrected chi connectivity index (χ2v) is 6.22. The van der Waals surface area contributed by atoms with Crippen LogP contribution >= 0.6 is 0 Å². The molecule has 0 amide bonds. The van der Waals surface area contributed by atoms with Gasteiger partial charge in [-0.2, -0.15) is 0 Å². The maximum atomic E-state index is 4.78. The molecular weight excluding hydrogens is 298 g/mol. The molecule has 1 aliphatic rings. The average molecular weight is 319 g/mol. The second-order valence-electron chi connectivity index (χ2n) is 6.22. The SMILES string of the molecule is c1ccc(Cc2nccc(N3CCC(n4ccnc4)CC3)n2)cc1. The molecule has 0 saturated carbocycles. The van der Waals surface area contributed by atoms with Crippen molar-refractivity contribution in [3.05, 3.63) is 72.7 Å². The van der Waals surface area contributed by atoms with E-state index in [4.69, 9.17) is 4.98 Å². The van der Waals surface area contributed by atoms with Crippen molar-refractivity contribution in [2.24, 2.45) is 0 Å². The molecule has 24 heavy (non-hydrogen) atoms. The van der Waals surface area contributed by atoms with Gasteiger partial charge in [-0.25, -0.2) is 15.0 Å². The highest BCUT2D eigenvalue weighted by Crippen LogP contribution is 2.25. The van der Waals surface area contributed by atoms with Gasteiger partial charge in [0.15, 0.2) is 0 Å². The van der Waals surface area contributed by atoms with Gasteiger partial charge in [0, 0.05) is 44.1 Å². The van der Waals surface area contributed by atoms with Gasteiger partial charge in [-0.05, 0) is 24.5 Å². The zero-order chi connectivity index (χ0) is 16.2. The molecule has 0 bridgehead atoms. The Bertz CT molecular complexity index is 761. The summed E-state index contributed by atoms with van der Waals surface area (Å²) in [5, 5.41) is 0. The predicted octanol–water partition coefficient (Wildman–Crippen LogP) is 3.11. The van der Waals surface area contributed by atoms with Crippen LogP contribution in [0.2, 0.25) is 0 Å². The van der Waals surface area contributed by atoms with Crippen molar-refractivity contribution in [3.8, 4) is 0 Å². The molecule has 5 nitrogen and oxygen atoms in total. The van der Waals surface area contributed by atoms with Gasteiger partial charge in [0.25, 0.3) is 0 Å². The minimum Gasteiger partial charge on any atom is -0.356 e. The summed E-state index contributed by atoms with van der Waals surface area (Å²) in [5.41, 5.74) is 1.24. The number of rotatable bonds is 4. The summed E-state index contributed by atoms with van der Waals surface area (Å²) in [7, 11) is 0. The van der Waals surface area contributed by atoms with Gasteiger partial charge in [-0.1, -0.05) is 30.3 Å². The molecule has 2 aromatic heterocycles. The van der Waals surface area contributed by atoms with Gasteiger partial charge in [-0.15, -0.1) is 0 Å². The highest BCUT2D eigenvalue weighted by atomic mass is 15.2. The Morgan fingerprint density at radius 3 is 2.58 bits per heavy atom. The van der Waals surface area contributed by atoms with E-state index in [1.165, 1.54) is 5.56 Å². The third-order valence-electron chi connectivity index (χ3n) is 4.63. The molecule has 1 saturated heterocycles. The van der Waals surface area contributed by atoms with Crippen LogP contribution in [0.3, 0.4) is 0 Å². The van der Waals surface area contributed by atoms with Crippen LogP contribution < -0.4 is 4.90 Å². The first-order valence-electron chi connectivity index (χ1n) is 8.47. The quantitative estimate of drug-likeness (QED) is 0.741. The van der Waals surface area contributed by atoms with E-state index in [-0.39, 0.29) is 0 Å². The van der Waals surface area contributed by atoms with Crippen molar-refractivity contribution >= 4 is 5.82 Å². The molecule has 4 rings (SSSR count). The third-order valence-corrected chi connectivity index (χ3v) is 4.63. The van der Waals surface area contributed by atoms with Gasteiger partial charge in [0.1, 0.15) is 11.6 Å². The summed E-state index contributed by atoms with van der Waals surface area (Å²) in [6.45, 7) is 2.04. The van der Waals surface area contributed by atoms with Gasteiger partial charge >= 0.3 is 0 Å². The normalized spacial score (nSPS) is 15.6. The number of hydrogen-bond acceptors (Lipinski definition) is 4. The highest BCUT2D eigenvalue weighted by molar-refractivity contribution is 5.38. The molecule has 1 fully saturated rings. The summed E-state index contributed by atoms with van der Waals surface area (Å²) < 4.78 is 2.22. The average Bonchev–Trinajstić information content (AvgIpc) is 3.18. The van der Waals surface area contributed by atoms with Crippen LogP contribution in [0, 0.1) is 0 Å². The Kier molecular flexibility index (Phi) is 4.23. The lowest BCUT2D eigenvalue weighted by molar-refractivity contribution is 0.394. The molecule has 0 atom stereocenters. The van der Waals surface area contributed by atoms with Crippen LogP contribution in [0.15, 0.2) is 61.3 Å². The Labute approximate surface area is 142 Å². The number of piperidine rings is 1. The molecule has 0 spiro atoms. The lowest BCUT2D eigenvalue weighted by Gasteiger charge is -2.33. The molecule has 0 radical (unpaired) electrons. The lowest BCUT2D eigenvalue weighted by Crippen LogP contribution is -2.35. The first-order valence-corrected chi connectivity index (χ1v) is 8.47. The first kappa shape index (κ1) is 14.9. The van der Waals surface area contributed by atoms with Crippen molar-refractivity contribution < 1.29 is 0 Å². The zero-order valence-corrected chi connectivity index (χ0v) is 13.6. The predicted molar refractivity (Wildman–Crippen MR) is 94.0 cm³/mol. The van der Waals surface area contributed by atoms with E-state index >= 15 is 0 Å². The van der Waals surface area contributed by atoms with Gasteiger partial charge in [0.05, 0.1) is 6.33 Å². The van der Waals surface area contributed by atoms with Crippen molar-refractivity contribution in [2.75, 3.05) is 18.0 Å². The summed E-state index contributed by atoms with van der Waals surface area (Å²) in [4.78, 5) is 15.7. The molecule has 5 heteroatoms. The van der Waals surface area contributed by atoms with Crippen LogP contribution in [-0.4, -0.2) is 32.6 Å². The van der Waals surface area contributed by atoms with Gasteiger partial charge in [-0.3, -0.25) is 0 Å². The molecule has 122 valence electrons. The van der Waals surface area contributed by atoms with Crippen LogP contribution in [-0.2, 0) is 6.42 Å². The molecule has 1 aliphatic heterocycles. The Hall–Kier alpha value is -2.69. The smallest absolute Gasteiger partial charge is 0.135 e. The molecule has 0 aliphatic carbocycles. The summed E-state index contributed by atoms with van der Waals surface area (Å²) in [6, 6.07) is 12.9. The molecule has 1 aromatic carbocycles. The molecule has 3 heterocycles. The van der Waals surface area contributed by atoms with E-state index in [2.05, 4.69) is 49.9 Å². The van der Waals surface area contributed by atoms with Crippen molar-refractivity contribution in [1.82, 2.24) is 19.5 Å². The minimum absolute atomic E-state index is 0.550. The topological polar surface area (TPSA) is 46.8 Å². The number of benzene rings is 1. The highest BCUT2D eigenvalue weighted by Gasteiger charge is 2.21. The Morgan fingerprint density at radius 2 is 1.83 bits per heavy atom. The lowest BCUT2D eigenvalue weighted by atomic mass is 10.1. The van der Waals surface area contributed by atoms with E-state index < -0.39 is 0 Å². The molecule has 0 unspecified atom stereocenters. The third kappa shape index (κ3) is 3.30. The van der Waals surface area contributed by atoms with E-state index in [0.29, 0.717) is 6.04 Å². The summed E-state index contributed by atoms with van der Waals surface area (Å²) in [6.07, 6.45) is 10.7. The second kappa shape index (κ2) is 6.83. The van der Waals surface area contributed by atoms with E-state index in [1.807, 2.05) is 30.9 Å². The Morgan fingerprint density at radius 1 is 1.00 bits per heavy atom. The minimum atomic E-state index is 0.550. The fraction of sp³-hybridized carbons (Fsp3) is 0.316. The largest absolute Gasteiger partial charge is 0.356 e. The molecule has 3 aromatic rings. The number of hydrogen-bond donors (Lipinski definition) is 0.